The van der Waals surface area contributed by atoms with E-state index in [0.717, 1.165) is 24.1 Å². The van der Waals surface area contributed by atoms with Gasteiger partial charge in [0.05, 0.1) is 29.5 Å². The fourth-order valence-electron chi connectivity index (χ4n) is 3.25. The van der Waals surface area contributed by atoms with Crippen LogP contribution in [0, 0.1) is 0 Å². The number of hydrogen-bond donors (Lipinski definition) is 0. The zero-order valence-corrected chi connectivity index (χ0v) is 17.3. The number of amides is 1. The molecule has 7 nitrogen and oxygen atoms in total. The summed E-state index contributed by atoms with van der Waals surface area (Å²) in [6.07, 6.45) is 3.70. The predicted molar refractivity (Wildman–Crippen MR) is 110 cm³/mol. The van der Waals surface area contributed by atoms with Crippen LogP contribution >= 0.6 is 22.9 Å². The lowest BCUT2D eigenvalue weighted by molar-refractivity contribution is 0.0912. The van der Waals surface area contributed by atoms with E-state index in [1.807, 2.05) is 6.92 Å². The van der Waals surface area contributed by atoms with Gasteiger partial charge in [-0.25, -0.2) is 4.98 Å². The lowest BCUT2D eigenvalue weighted by Crippen LogP contribution is -2.37. The minimum atomic E-state index is -0.197. The van der Waals surface area contributed by atoms with E-state index in [2.05, 4.69) is 10.1 Å². The summed E-state index contributed by atoms with van der Waals surface area (Å²) in [6, 6.07) is 5.29. The van der Waals surface area contributed by atoms with Gasteiger partial charge in [-0.15, -0.1) is 0 Å². The fraction of sp³-hybridized carbons (Fsp3) is 0.421. The maximum absolute atomic E-state index is 13.3. The first-order valence-electron chi connectivity index (χ1n) is 9.20. The zero-order chi connectivity index (χ0) is 19.7. The van der Waals surface area contributed by atoms with Crippen molar-refractivity contribution in [3.05, 3.63) is 35.1 Å². The summed E-state index contributed by atoms with van der Waals surface area (Å²) in [6.45, 7) is 3.83. The first-order valence-corrected chi connectivity index (χ1v) is 10.4. The summed E-state index contributed by atoms with van der Waals surface area (Å²) in [7, 11) is 1.59. The van der Waals surface area contributed by atoms with E-state index in [4.69, 9.17) is 21.1 Å². The van der Waals surface area contributed by atoms with Crippen molar-refractivity contribution in [3.63, 3.8) is 0 Å². The number of fused-ring (bicyclic) bond motifs is 1. The van der Waals surface area contributed by atoms with Gasteiger partial charge in [0, 0.05) is 19.3 Å². The van der Waals surface area contributed by atoms with Crippen LogP contribution < -0.4 is 9.64 Å². The van der Waals surface area contributed by atoms with Gasteiger partial charge in [-0.3, -0.25) is 14.4 Å². The van der Waals surface area contributed by atoms with Crippen LogP contribution in [-0.2, 0) is 11.3 Å². The van der Waals surface area contributed by atoms with Gasteiger partial charge in [0.2, 0.25) is 0 Å². The molecule has 1 amide bonds. The zero-order valence-electron chi connectivity index (χ0n) is 15.7. The van der Waals surface area contributed by atoms with Crippen LogP contribution in [0.25, 0.3) is 10.2 Å². The first kappa shape index (κ1) is 19.2. The van der Waals surface area contributed by atoms with E-state index in [-0.39, 0.29) is 12.0 Å². The highest BCUT2D eigenvalue weighted by molar-refractivity contribution is 7.23. The molecule has 9 heteroatoms. The quantitative estimate of drug-likeness (QED) is 0.602. The Morgan fingerprint density at radius 3 is 3.00 bits per heavy atom. The number of methoxy groups -OCH3 is 1. The smallest absolute Gasteiger partial charge is 0.280 e. The van der Waals surface area contributed by atoms with Crippen molar-refractivity contribution in [1.29, 1.82) is 0 Å². The van der Waals surface area contributed by atoms with Crippen LogP contribution in [0.15, 0.2) is 24.4 Å². The van der Waals surface area contributed by atoms with E-state index in [9.17, 15) is 4.79 Å². The SMILES string of the molecule is CCn1ccc(C(=O)N(CC2CCCO2)c2nc3c(OC)ccc(Cl)c3s2)n1. The summed E-state index contributed by atoms with van der Waals surface area (Å²) < 4.78 is 13.7. The van der Waals surface area contributed by atoms with Crippen molar-refractivity contribution >= 4 is 44.2 Å². The van der Waals surface area contributed by atoms with E-state index in [1.165, 1.54) is 11.3 Å². The Bertz CT molecular complexity index is 996. The van der Waals surface area contributed by atoms with Crippen LogP contribution in [0.5, 0.6) is 5.75 Å². The lowest BCUT2D eigenvalue weighted by atomic mass is 10.2. The summed E-state index contributed by atoms with van der Waals surface area (Å²) >= 11 is 7.74. The maximum atomic E-state index is 13.3. The summed E-state index contributed by atoms with van der Waals surface area (Å²) in [5, 5.41) is 5.51. The molecule has 1 fully saturated rings. The number of benzene rings is 1. The van der Waals surface area contributed by atoms with Gasteiger partial charge in [0.15, 0.2) is 10.8 Å². The van der Waals surface area contributed by atoms with Gasteiger partial charge in [-0.1, -0.05) is 22.9 Å². The van der Waals surface area contributed by atoms with Crippen molar-refractivity contribution in [1.82, 2.24) is 14.8 Å². The highest BCUT2D eigenvalue weighted by atomic mass is 35.5. The number of rotatable bonds is 6. The van der Waals surface area contributed by atoms with Crippen LogP contribution in [0.3, 0.4) is 0 Å². The number of ether oxygens (including phenoxy) is 2. The summed E-state index contributed by atoms with van der Waals surface area (Å²) in [5.41, 5.74) is 1.04. The Hall–Kier alpha value is -2.16. The number of nitrogens with zero attached hydrogens (tertiary/aromatic N) is 4. The fourth-order valence-corrected chi connectivity index (χ4v) is 4.52. The van der Waals surface area contributed by atoms with Gasteiger partial charge in [0.1, 0.15) is 11.3 Å². The molecule has 28 heavy (non-hydrogen) atoms. The molecule has 3 heterocycles. The predicted octanol–water partition coefficient (Wildman–Crippen LogP) is 4.00. The van der Waals surface area contributed by atoms with Crippen molar-refractivity contribution in [2.24, 2.45) is 0 Å². The number of anilines is 1. The Morgan fingerprint density at radius 2 is 2.32 bits per heavy atom. The highest BCUT2D eigenvalue weighted by Gasteiger charge is 2.29. The number of carbonyl (C=O) groups is 1. The third-order valence-electron chi connectivity index (χ3n) is 4.74. The third kappa shape index (κ3) is 3.59. The van der Waals surface area contributed by atoms with E-state index in [0.29, 0.717) is 40.2 Å². The molecule has 1 aliphatic rings. The number of halogens is 1. The number of aromatic nitrogens is 3. The molecular formula is C19H21ClN4O3S. The topological polar surface area (TPSA) is 69.5 Å². The molecule has 148 valence electrons. The lowest BCUT2D eigenvalue weighted by Gasteiger charge is -2.22. The molecule has 2 aromatic heterocycles. The second-order valence-electron chi connectivity index (χ2n) is 6.53. The van der Waals surface area contributed by atoms with Crippen molar-refractivity contribution in [2.75, 3.05) is 25.2 Å². The van der Waals surface area contributed by atoms with Crippen LogP contribution in [0.1, 0.15) is 30.3 Å². The molecule has 0 N–H and O–H groups in total. The molecule has 0 saturated carbocycles. The Kier molecular flexibility index (Phi) is 5.52. The average molecular weight is 421 g/mol. The second kappa shape index (κ2) is 8.06. The van der Waals surface area contributed by atoms with E-state index >= 15 is 0 Å². The van der Waals surface area contributed by atoms with Gasteiger partial charge in [0.25, 0.3) is 5.91 Å². The van der Waals surface area contributed by atoms with Crippen molar-refractivity contribution in [2.45, 2.75) is 32.4 Å². The largest absolute Gasteiger partial charge is 0.494 e. The number of hydrogen-bond acceptors (Lipinski definition) is 6. The van der Waals surface area contributed by atoms with Crippen LogP contribution in [0.4, 0.5) is 5.13 Å². The Morgan fingerprint density at radius 1 is 1.46 bits per heavy atom. The van der Waals surface area contributed by atoms with Crippen LogP contribution in [0.2, 0.25) is 5.02 Å². The van der Waals surface area contributed by atoms with E-state index < -0.39 is 0 Å². The summed E-state index contributed by atoms with van der Waals surface area (Å²) in [5.74, 6) is 0.429. The van der Waals surface area contributed by atoms with Crippen molar-refractivity contribution in [3.8, 4) is 5.75 Å². The molecule has 0 aliphatic carbocycles. The third-order valence-corrected chi connectivity index (χ3v) is 6.28. The maximum Gasteiger partial charge on any atom is 0.280 e. The molecular weight excluding hydrogens is 400 g/mol. The number of aryl methyl sites for hydroxylation is 1. The molecule has 0 radical (unpaired) electrons. The minimum absolute atomic E-state index is 0.0124. The Balaban J connectivity index is 1.75. The monoisotopic (exact) mass is 420 g/mol. The molecule has 1 atom stereocenters. The first-order chi connectivity index (χ1) is 13.6. The normalized spacial score (nSPS) is 16.6. The van der Waals surface area contributed by atoms with Gasteiger partial charge in [-0.05, 0) is 38.0 Å². The second-order valence-corrected chi connectivity index (χ2v) is 7.92. The highest BCUT2D eigenvalue weighted by Crippen LogP contribution is 2.39. The average Bonchev–Trinajstić information content (AvgIpc) is 3.46. The molecule has 3 aromatic rings. The van der Waals surface area contributed by atoms with Crippen molar-refractivity contribution < 1.29 is 14.3 Å². The van der Waals surface area contributed by atoms with Gasteiger partial charge >= 0.3 is 0 Å². The molecule has 1 unspecified atom stereocenters. The van der Waals surface area contributed by atoms with E-state index in [1.54, 1.807) is 41.1 Å². The Labute approximate surface area is 171 Å². The molecule has 4 rings (SSSR count). The molecule has 0 bridgehead atoms. The van der Waals surface area contributed by atoms with Gasteiger partial charge < -0.3 is 9.47 Å². The van der Waals surface area contributed by atoms with Crippen LogP contribution in [-0.4, -0.2) is 47.0 Å². The minimum Gasteiger partial charge on any atom is -0.494 e. The number of carbonyl (C=O) groups excluding carboxylic acids is 1. The standard InChI is InChI=1S/C19H21ClN4O3S/c1-3-23-9-8-14(22-23)18(25)24(11-12-5-4-10-27-12)19-21-16-15(26-2)7-6-13(20)17(16)28-19/h6-9,12H,3-5,10-11H2,1-2H3. The number of thiazole rings is 1. The molecule has 1 aromatic carbocycles. The molecule has 1 aliphatic heterocycles. The molecule has 1 saturated heterocycles. The van der Waals surface area contributed by atoms with Gasteiger partial charge in [-0.2, -0.15) is 5.10 Å². The molecule has 0 spiro atoms. The summed E-state index contributed by atoms with van der Waals surface area (Å²) in [4.78, 5) is 19.6.